The van der Waals surface area contributed by atoms with Crippen LogP contribution in [-0.2, 0) is 12.1 Å². The van der Waals surface area contributed by atoms with Crippen molar-refractivity contribution in [3.8, 4) is 0 Å². The summed E-state index contributed by atoms with van der Waals surface area (Å²) < 4.78 is 28.3. The molecule has 4 rings (SSSR count). The van der Waals surface area contributed by atoms with E-state index in [0.717, 1.165) is 35.9 Å². The van der Waals surface area contributed by atoms with Crippen LogP contribution >= 0.6 is 0 Å². The Morgan fingerprint density at radius 3 is 2.61 bits per heavy atom. The summed E-state index contributed by atoms with van der Waals surface area (Å²) in [5, 5.41) is 3.39. The fourth-order valence-corrected chi connectivity index (χ4v) is 3.36. The van der Waals surface area contributed by atoms with Crippen LogP contribution in [-0.4, -0.2) is 9.97 Å². The minimum Gasteiger partial charge on any atom is -0.345 e. The van der Waals surface area contributed by atoms with Crippen LogP contribution in [0.4, 0.5) is 8.78 Å². The molecule has 1 aliphatic rings. The molecule has 0 spiro atoms. The number of benzene rings is 2. The molecule has 5 heteroatoms. The van der Waals surface area contributed by atoms with Crippen LogP contribution in [0.5, 0.6) is 0 Å². The Hall–Kier alpha value is -2.27. The van der Waals surface area contributed by atoms with Gasteiger partial charge in [-0.05, 0) is 49.1 Å². The van der Waals surface area contributed by atoms with Crippen LogP contribution in [0, 0.1) is 11.6 Å². The van der Waals surface area contributed by atoms with Crippen molar-refractivity contribution in [1.82, 2.24) is 15.3 Å². The van der Waals surface area contributed by atoms with Crippen LogP contribution in [0.25, 0.3) is 11.0 Å². The molecule has 2 N–H and O–H groups in total. The molecule has 3 aromatic rings. The van der Waals surface area contributed by atoms with E-state index >= 15 is 0 Å². The number of fused-ring (bicyclic) bond motifs is 1. The van der Waals surface area contributed by atoms with E-state index in [1.54, 1.807) is 6.33 Å². The van der Waals surface area contributed by atoms with Gasteiger partial charge in [-0.15, -0.1) is 0 Å². The number of H-pyrrole nitrogens is 1. The van der Waals surface area contributed by atoms with Crippen LogP contribution in [0.3, 0.4) is 0 Å². The molecule has 0 amide bonds. The molecule has 1 aromatic heterocycles. The maximum absolute atomic E-state index is 14.2. The van der Waals surface area contributed by atoms with E-state index in [4.69, 9.17) is 0 Å². The second-order valence-corrected chi connectivity index (χ2v) is 6.14. The van der Waals surface area contributed by atoms with Gasteiger partial charge in [0, 0.05) is 17.6 Å². The topological polar surface area (TPSA) is 40.7 Å². The number of imidazole rings is 1. The SMILES string of the molecule is Fc1cccc(F)c1C1(NCc2ccc3nc[nH]c3c2)CCC1. The Morgan fingerprint density at radius 1 is 1.13 bits per heavy atom. The Labute approximate surface area is 132 Å². The molecule has 0 atom stereocenters. The van der Waals surface area contributed by atoms with Crippen molar-refractivity contribution in [1.29, 1.82) is 0 Å². The molecule has 1 aliphatic carbocycles. The highest BCUT2D eigenvalue weighted by molar-refractivity contribution is 5.75. The molecule has 0 bridgehead atoms. The third-order valence-electron chi connectivity index (χ3n) is 4.76. The van der Waals surface area contributed by atoms with Gasteiger partial charge in [-0.2, -0.15) is 0 Å². The number of aromatic amines is 1. The van der Waals surface area contributed by atoms with Crippen molar-refractivity contribution >= 4 is 11.0 Å². The number of nitrogens with zero attached hydrogens (tertiary/aromatic N) is 1. The number of aromatic nitrogens is 2. The summed E-state index contributed by atoms with van der Waals surface area (Å²) in [6, 6.07) is 10.0. The third kappa shape index (κ3) is 2.41. The van der Waals surface area contributed by atoms with E-state index in [-0.39, 0.29) is 5.56 Å². The lowest BCUT2D eigenvalue weighted by Gasteiger charge is -2.43. The summed E-state index contributed by atoms with van der Waals surface area (Å²) in [5.41, 5.74) is 2.51. The molecular weight excluding hydrogens is 296 g/mol. The highest BCUT2D eigenvalue weighted by atomic mass is 19.1. The predicted molar refractivity (Wildman–Crippen MR) is 84.8 cm³/mol. The molecule has 3 nitrogen and oxygen atoms in total. The van der Waals surface area contributed by atoms with Crippen molar-refractivity contribution in [2.24, 2.45) is 0 Å². The largest absolute Gasteiger partial charge is 0.345 e. The number of nitrogens with one attached hydrogen (secondary N) is 2. The second-order valence-electron chi connectivity index (χ2n) is 6.14. The van der Waals surface area contributed by atoms with E-state index in [1.165, 1.54) is 18.2 Å². The minimum absolute atomic E-state index is 0.175. The van der Waals surface area contributed by atoms with E-state index < -0.39 is 17.2 Å². The van der Waals surface area contributed by atoms with Crippen molar-refractivity contribution < 1.29 is 8.78 Å². The zero-order chi connectivity index (χ0) is 15.9. The quantitative estimate of drug-likeness (QED) is 0.764. The monoisotopic (exact) mass is 313 g/mol. The first-order valence-corrected chi connectivity index (χ1v) is 7.79. The van der Waals surface area contributed by atoms with Gasteiger partial charge >= 0.3 is 0 Å². The van der Waals surface area contributed by atoms with Crippen LogP contribution in [0.1, 0.15) is 30.4 Å². The van der Waals surface area contributed by atoms with Gasteiger partial charge in [-0.25, -0.2) is 13.8 Å². The molecule has 0 unspecified atom stereocenters. The van der Waals surface area contributed by atoms with Gasteiger partial charge < -0.3 is 10.3 Å². The van der Waals surface area contributed by atoms with Crippen LogP contribution in [0.15, 0.2) is 42.7 Å². The zero-order valence-corrected chi connectivity index (χ0v) is 12.6. The standard InChI is InChI=1S/C18H17F2N3/c19-13-3-1-4-14(20)17(13)18(7-2-8-18)23-10-12-5-6-15-16(9-12)22-11-21-15/h1,3-6,9,11,23H,2,7-8,10H2,(H,21,22). The Kier molecular flexibility index (Phi) is 3.38. The van der Waals surface area contributed by atoms with Gasteiger partial charge in [-0.3, -0.25) is 0 Å². The lowest BCUT2D eigenvalue weighted by molar-refractivity contribution is 0.170. The Bertz CT molecular complexity index is 832. The molecule has 0 radical (unpaired) electrons. The molecule has 0 aliphatic heterocycles. The van der Waals surface area contributed by atoms with E-state index in [2.05, 4.69) is 15.3 Å². The maximum atomic E-state index is 14.2. The van der Waals surface area contributed by atoms with Gasteiger partial charge in [0.2, 0.25) is 0 Å². The lowest BCUT2D eigenvalue weighted by Crippen LogP contribution is -2.48. The maximum Gasteiger partial charge on any atom is 0.131 e. The molecule has 1 saturated carbocycles. The molecule has 0 saturated heterocycles. The third-order valence-corrected chi connectivity index (χ3v) is 4.76. The summed E-state index contributed by atoms with van der Waals surface area (Å²) in [6.07, 6.45) is 4.12. The average molecular weight is 313 g/mol. The van der Waals surface area contributed by atoms with Crippen molar-refractivity contribution in [3.05, 3.63) is 65.5 Å². The molecule has 23 heavy (non-hydrogen) atoms. The van der Waals surface area contributed by atoms with Crippen molar-refractivity contribution in [3.63, 3.8) is 0 Å². The van der Waals surface area contributed by atoms with E-state index in [1.807, 2.05) is 18.2 Å². The summed E-state index contributed by atoms with van der Waals surface area (Å²) in [7, 11) is 0. The van der Waals surface area contributed by atoms with Gasteiger partial charge in [0.1, 0.15) is 11.6 Å². The minimum atomic E-state index is -0.599. The molecular formula is C18H17F2N3. The Balaban J connectivity index is 1.60. The first-order chi connectivity index (χ1) is 11.2. The smallest absolute Gasteiger partial charge is 0.131 e. The zero-order valence-electron chi connectivity index (χ0n) is 12.6. The second kappa shape index (κ2) is 5.42. The summed E-state index contributed by atoms with van der Waals surface area (Å²) in [4.78, 5) is 7.27. The normalized spacial score (nSPS) is 16.4. The fraction of sp³-hybridized carbons (Fsp3) is 0.278. The molecule has 118 valence electrons. The molecule has 1 fully saturated rings. The first kappa shape index (κ1) is 14.3. The van der Waals surface area contributed by atoms with Crippen molar-refractivity contribution in [2.75, 3.05) is 0 Å². The predicted octanol–water partition coefficient (Wildman–Crippen LogP) is 4.01. The van der Waals surface area contributed by atoms with Crippen LogP contribution < -0.4 is 5.32 Å². The highest BCUT2D eigenvalue weighted by Gasteiger charge is 2.42. The number of rotatable bonds is 4. The summed E-state index contributed by atoms with van der Waals surface area (Å²) in [6.45, 7) is 0.558. The number of hydrogen-bond acceptors (Lipinski definition) is 2. The summed E-state index contributed by atoms with van der Waals surface area (Å²) in [5.74, 6) is -0.942. The lowest BCUT2D eigenvalue weighted by atomic mass is 9.71. The van der Waals surface area contributed by atoms with Gasteiger partial charge in [0.25, 0.3) is 0 Å². The average Bonchev–Trinajstić information content (AvgIpc) is 2.96. The Morgan fingerprint density at radius 2 is 1.91 bits per heavy atom. The van der Waals surface area contributed by atoms with Gasteiger partial charge in [0.15, 0.2) is 0 Å². The number of hydrogen-bond donors (Lipinski definition) is 2. The number of halogens is 2. The highest BCUT2D eigenvalue weighted by Crippen LogP contribution is 2.43. The van der Waals surface area contributed by atoms with E-state index in [0.29, 0.717) is 6.54 Å². The van der Waals surface area contributed by atoms with E-state index in [9.17, 15) is 8.78 Å². The molecule has 1 heterocycles. The van der Waals surface area contributed by atoms with Crippen LogP contribution in [0.2, 0.25) is 0 Å². The molecule has 2 aromatic carbocycles. The van der Waals surface area contributed by atoms with Gasteiger partial charge in [-0.1, -0.05) is 12.1 Å². The van der Waals surface area contributed by atoms with Gasteiger partial charge in [0.05, 0.1) is 17.4 Å². The summed E-state index contributed by atoms with van der Waals surface area (Å²) >= 11 is 0. The fourth-order valence-electron chi connectivity index (χ4n) is 3.36. The van der Waals surface area contributed by atoms with Crippen molar-refractivity contribution in [2.45, 2.75) is 31.3 Å². The first-order valence-electron chi connectivity index (χ1n) is 7.79.